The van der Waals surface area contributed by atoms with E-state index in [-0.39, 0.29) is 0 Å². The van der Waals surface area contributed by atoms with Gasteiger partial charge in [0.05, 0.1) is 11.7 Å². The summed E-state index contributed by atoms with van der Waals surface area (Å²) < 4.78 is 2.16. The van der Waals surface area contributed by atoms with Gasteiger partial charge in [-0.15, -0.1) is 0 Å². The topological polar surface area (TPSA) is 17.3 Å². The van der Waals surface area contributed by atoms with Gasteiger partial charge < -0.3 is 4.40 Å². The largest absolute Gasteiger partial charge is 0.304 e. The van der Waals surface area contributed by atoms with E-state index in [9.17, 15) is 0 Å². The van der Waals surface area contributed by atoms with Crippen LogP contribution in [0, 0.1) is 6.92 Å². The summed E-state index contributed by atoms with van der Waals surface area (Å²) in [5, 5.41) is 0.783. The Morgan fingerprint density at radius 1 is 1.11 bits per heavy atom. The molecule has 0 aliphatic rings. The minimum Gasteiger partial charge on any atom is -0.304 e. The van der Waals surface area contributed by atoms with Crippen LogP contribution in [-0.2, 0) is 12.8 Å². The lowest BCUT2D eigenvalue weighted by Gasteiger charge is -2.03. The standard InChI is InChI=1S/C16H15ClN2/c1-12-8-9-19-15(10-12)11-18-16(19)7-4-13-2-5-14(17)6-3-13/h2-3,5-6,8-11H,4,7H2,1H3. The van der Waals surface area contributed by atoms with Gasteiger partial charge >= 0.3 is 0 Å². The molecule has 0 unspecified atom stereocenters. The highest BCUT2D eigenvalue weighted by molar-refractivity contribution is 6.30. The Morgan fingerprint density at radius 2 is 1.89 bits per heavy atom. The fraction of sp³-hybridized carbons (Fsp3) is 0.188. The number of rotatable bonds is 3. The van der Waals surface area contributed by atoms with Gasteiger partial charge in [-0.3, -0.25) is 0 Å². The highest BCUT2D eigenvalue weighted by Gasteiger charge is 2.04. The van der Waals surface area contributed by atoms with E-state index in [2.05, 4.69) is 46.8 Å². The first kappa shape index (κ1) is 12.2. The van der Waals surface area contributed by atoms with Gasteiger partial charge in [0.2, 0.25) is 0 Å². The van der Waals surface area contributed by atoms with Crippen LogP contribution in [0.25, 0.3) is 5.52 Å². The van der Waals surface area contributed by atoms with Crippen LogP contribution in [0.5, 0.6) is 0 Å². The summed E-state index contributed by atoms with van der Waals surface area (Å²) in [4.78, 5) is 4.51. The zero-order chi connectivity index (χ0) is 13.2. The number of nitrogens with zero attached hydrogens (tertiary/aromatic N) is 2. The predicted octanol–water partition coefficient (Wildman–Crippen LogP) is 4.08. The second-order valence-corrected chi connectivity index (χ2v) is 5.24. The monoisotopic (exact) mass is 270 g/mol. The van der Waals surface area contributed by atoms with Gasteiger partial charge in [0.25, 0.3) is 0 Å². The van der Waals surface area contributed by atoms with Crippen molar-refractivity contribution in [3.05, 3.63) is 70.8 Å². The molecule has 0 radical (unpaired) electrons. The van der Waals surface area contributed by atoms with Crippen molar-refractivity contribution in [3.8, 4) is 0 Å². The maximum Gasteiger partial charge on any atom is 0.113 e. The van der Waals surface area contributed by atoms with E-state index < -0.39 is 0 Å². The Labute approximate surface area is 117 Å². The first-order valence-electron chi connectivity index (χ1n) is 6.39. The van der Waals surface area contributed by atoms with Gasteiger partial charge in [-0.2, -0.15) is 0 Å². The summed E-state index contributed by atoms with van der Waals surface area (Å²) in [5.74, 6) is 1.10. The number of imidazole rings is 1. The lowest BCUT2D eigenvalue weighted by Crippen LogP contribution is -1.98. The predicted molar refractivity (Wildman–Crippen MR) is 78.8 cm³/mol. The third-order valence-corrected chi connectivity index (χ3v) is 3.57. The molecule has 0 aliphatic heterocycles. The fourth-order valence-electron chi connectivity index (χ4n) is 2.26. The average molecular weight is 271 g/mol. The number of hydrogen-bond acceptors (Lipinski definition) is 1. The lowest BCUT2D eigenvalue weighted by atomic mass is 10.1. The van der Waals surface area contributed by atoms with Gasteiger partial charge in [0, 0.05) is 17.6 Å². The fourth-order valence-corrected chi connectivity index (χ4v) is 2.38. The molecule has 0 saturated heterocycles. The maximum atomic E-state index is 5.89. The van der Waals surface area contributed by atoms with Crippen LogP contribution in [0.15, 0.2) is 48.8 Å². The molecule has 0 N–H and O–H groups in total. The molecule has 3 rings (SSSR count). The Morgan fingerprint density at radius 3 is 2.68 bits per heavy atom. The summed E-state index contributed by atoms with van der Waals surface area (Å²) in [7, 11) is 0. The Hall–Kier alpha value is -1.80. The van der Waals surface area contributed by atoms with Crippen LogP contribution in [0.2, 0.25) is 5.02 Å². The van der Waals surface area contributed by atoms with Crippen molar-refractivity contribution in [1.82, 2.24) is 9.38 Å². The van der Waals surface area contributed by atoms with Crippen LogP contribution in [0.3, 0.4) is 0 Å². The van der Waals surface area contributed by atoms with Crippen molar-refractivity contribution in [2.24, 2.45) is 0 Å². The lowest BCUT2D eigenvalue weighted by molar-refractivity contribution is 0.853. The average Bonchev–Trinajstić information content (AvgIpc) is 2.80. The number of halogens is 1. The van der Waals surface area contributed by atoms with Crippen LogP contribution in [-0.4, -0.2) is 9.38 Å². The van der Waals surface area contributed by atoms with Crippen molar-refractivity contribution in [2.45, 2.75) is 19.8 Å². The molecule has 0 aliphatic carbocycles. The molecule has 0 spiro atoms. The molecule has 0 amide bonds. The Balaban J connectivity index is 1.80. The molecule has 19 heavy (non-hydrogen) atoms. The van der Waals surface area contributed by atoms with Crippen LogP contribution in [0.1, 0.15) is 17.0 Å². The minimum absolute atomic E-state index is 0.783. The first-order chi connectivity index (χ1) is 9.22. The SMILES string of the molecule is Cc1ccn2c(CCc3ccc(Cl)cc3)ncc2c1. The van der Waals surface area contributed by atoms with Crippen molar-refractivity contribution in [2.75, 3.05) is 0 Å². The van der Waals surface area contributed by atoms with Crippen molar-refractivity contribution in [3.63, 3.8) is 0 Å². The van der Waals surface area contributed by atoms with E-state index in [0.29, 0.717) is 0 Å². The Kier molecular flexibility index (Phi) is 3.26. The van der Waals surface area contributed by atoms with Gasteiger partial charge in [0.1, 0.15) is 5.82 Å². The molecule has 2 heterocycles. The Bertz CT molecular complexity index is 698. The first-order valence-corrected chi connectivity index (χ1v) is 6.77. The van der Waals surface area contributed by atoms with Gasteiger partial charge in [-0.1, -0.05) is 23.7 Å². The highest BCUT2D eigenvalue weighted by atomic mass is 35.5. The van der Waals surface area contributed by atoms with Crippen LogP contribution in [0.4, 0.5) is 0 Å². The molecule has 96 valence electrons. The van der Waals surface area contributed by atoms with Gasteiger partial charge in [-0.05, 0) is 48.7 Å². The zero-order valence-electron chi connectivity index (χ0n) is 10.8. The summed E-state index contributed by atoms with van der Waals surface area (Å²) in [6.07, 6.45) is 5.93. The van der Waals surface area contributed by atoms with E-state index in [0.717, 1.165) is 29.2 Å². The molecular weight excluding hydrogens is 256 g/mol. The number of fused-ring (bicyclic) bond motifs is 1. The zero-order valence-corrected chi connectivity index (χ0v) is 11.6. The molecule has 2 nitrogen and oxygen atoms in total. The van der Waals surface area contributed by atoms with Crippen molar-refractivity contribution in [1.29, 1.82) is 0 Å². The number of aromatic nitrogens is 2. The molecular formula is C16H15ClN2. The van der Waals surface area contributed by atoms with Crippen LogP contribution < -0.4 is 0 Å². The molecule has 3 heteroatoms. The quantitative estimate of drug-likeness (QED) is 0.701. The second kappa shape index (κ2) is 5.06. The molecule has 0 bridgehead atoms. The number of benzene rings is 1. The molecule has 0 atom stereocenters. The van der Waals surface area contributed by atoms with E-state index in [1.807, 2.05) is 18.3 Å². The number of hydrogen-bond donors (Lipinski definition) is 0. The third-order valence-electron chi connectivity index (χ3n) is 3.31. The summed E-state index contributed by atoms with van der Waals surface area (Å²) in [6.45, 7) is 2.10. The second-order valence-electron chi connectivity index (χ2n) is 4.80. The third kappa shape index (κ3) is 2.64. The molecule has 0 fully saturated rings. The van der Waals surface area contributed by atoms with E-state index in [1.165, 1.54) is 11.1 Å². The smallest absolute Gasteiger partial charge is 0.113 e. The molecule has 2 aromatic heterocycles. The van der Waals surface area contributed by atoms with E-state index >= 15 is 0 Å². The normalized spacial score (nSPS) is 11.1. The maximum absolute atomic E-state index is 5.89. The molecule has 1 aromatic carbocycles. The number of pyridine rings is 1. The van der Waals surface area contributed by atoms with E-state index in [1.54, 1.807) is 0 Å². The minimum atomic E-state index is 0.783. The summed E-state index contributed by atoms with van der Waals surface area (Å²) in [5.41, 5.74) is 3.70. The van der Waals surface area contributed by atoms with Crippen LogP contribution >= 0.6 is 11.6 Å². The van der Waals surface area contributed by atoms with Crippen molar-refractivity contribution >= 4 is 17.1 Å². The van der Waals surface area contributed by atoms with E-state index in [4.69, 9.17) is 11.6 Å². The number of aryl methyl sites for hydroxylation is 3. The molecule has 0 saturated carbocycles. The van der Waals surface area contributed by atoms with Gasteiger partial charge in [-0.25, -0.2) is 4.98 Å². The van der Waals surface area contributed by atoms with Crippen molar-refractivity contribution < 1.29 is 0 Å². The summed E-state index contributed by atoms with van der Waals surface area (Å²) >= 11 is 5.89. The highest BCUT2D eigenvalue weighted by Crippen LogP contribution is 2.14. The summed E-state index contributed by atoms with van der Waals surface area (Å²) in [6, 6.07) is 12.3. The molecule has 3 aromatic rings. The van der Waals surface area contributed by atoms with Gasteiger partial charge in [0.15, 0.2) is 0 Å².